The fourth-order valence-corrected chi connectivity index (χ4v) is 2.10. The highest BCUT2D eigenvalue weighted by atomic mass is 16.5. The third kappa shape index (κ3) is 2.93. The first-order valence-corrected chi connectivity index (χ1v) is 6.36. The Morgan fingerprint density at radius 3 is 2.42 bits per heavy atom. The summed E-state index contributed by atoms with van der Waals surface area (Å²) in [6.45, 7) is 2.08. The van der Waals surface area contributed by atoms with Gasteiger partial charge < -0.3 is 14.7 Å². The van der Waals surface area contributed by atoms with Crippen LogP contribution in [0.25, 0.3) is 0 Å². The van der Waals surface area contributed by atoms with Crippen molar-refractivity contribution >= 4 is 5.95 Å². The number of anilines is 1. The molecule has 0 aliphatic carbocycles. The number of nitrogens with one attached hydrogen (secondary N) is 1. The van der Waals surface area contributed by atoms with Crippen molar-refractivity contribution in [3.63, 3.8) is 0 Å². The molecule has 2 unspecified atom stereocenters. The van der Waals surface area contributed by atoms with Crippen LogP contribution in [-0.2, 0) is 0 Å². The maximum atomic E-state index is 5.35. The van der Waals surface area contributed by atoms with Crippen LogP contribution >= 0.6 is 0 Å². The molecule has 1 N–H and O–H groups in total. The topological polar surface area (TPSA) is 54.2 Å². The summed E-state index contributed by atoms with van der Waals surface area (Å²) in [4.78, 5) is 6.24. The Morgan fingerprint density at radius 1 is 1.21 bits per heavy atom. The first kappa shape index (κ1) is 13.5. The first-order chi connectivity index (χ1) is 9.13. The van der Waals surface area contributed by atoms with Crippen LogP contribution in [0.2, 0.25) is 0 Å². The summed E-state index contributed by atoms with van der Waals surface area (Å²) in [6.07, 6.45) is 0. The zero-order chi connectivity index (χ0) is 13.8. The van der Waals surface area contributed by atoms with Crippen LogP contribution in [0.1, 0.15) is 30.3 Å². The molecule has 0 bridgehead atoms. The quantitative estimate of drug-likeness (QED) is 0.893. The van der Waals surface area contributed by atoms with Crippen LogP contribution in [0, 0.1) is 0 Å². The van der Waals surface area contributed by atoms with Crippen molar-refractivity contribution in [2.24, 2.45) is 0 Å². The van der Waals surface area contributed by atoms with Crippen LogP contribution in [0.3, 0.4) is 0 Å². The monoisotopic (exact) mass is 260 g/mol. The highest BCUT2D eigenvalue weighted by molar-refractivity contribution is 5.26. The van der Waals surface area contributed by atoms with E-state index in [-0.39, 0.29) is 12.0 Å². The lowest BCUT2D eigenvalue weighted by Gasteiger charge is -2.21. The van der Waals surface area contributed by atoms with E-state index in [9.17, 15) is 0 Å². The summed E-state index contributed by atoms with van der Waals surface area (Å²) in [7, 11) is 5.73. The second-order valence-electron chi connectivity index (χ2n) is 4.79. The summed E-state index contributed by atoms with van der Waals surface area (Å²) in [5, 5.41) is 7.27. The highest BCUT2D eigenvalue weighted by Crippen LogP contribution is 2.29. The van der Waals surface area contributed by atoms with Gasteiger partial charge in [0.1, 0.15) is 0 Å². The molecular weight excluding hydrogens is 240 g/mol. The summed E-state index contributed by atoms with van der Waals surface area (Å²) in [5.41, 5.74) is 1.21. The summed E-state index contributed by atoms with van der Waals surface area (Å²) in [5.74, 6) is 1.35. The van der Waals surface area contributed by atoms with E-state index in [1.165, 1.54) is 5.56 Å². The Labute approximate surface area is 113 Å². The summed E-state index contributed by atoms with van der Waals surface area (Å²) in [6, 6.07) is 10.4. The molecule has 1 heterocycles. The number of hydrogen-bond donors (Lipinski definition) is 1. The molecule has 0 saturated heterocycles. The Hall–Kier alpha value is -1.88. The zero-order valence-corrected chi connectivity index (χ0v) is 11.8. The maximum absolute atomic E-state index is 5.35. The number of rotatable bonds is 5. The van der Waals surface area contributed by atoms with Gasteiger partial charge in [0.05, 0.1) is 5.92 Å². The van der Waals surface area contributed by atoms with E-state index in [0.717, 1.165) is 0 Å². The van der Waals surface area contributed by atoms with Crippen molar-refractivity contribution in [1.82, 2.24) is 15.5 Å². The van der Waals surface area contributed by atoms with Gasteiger partial charge >= 0.3 is 0 Å². The minimum absolute atomic E-state index is 0.105. The van der Waals surface area contributed by atoms with Crippen molar-refractivity contribution in [2.75, 3.05) is 26.0 Å². The molecule has 2 atom stereocenters. The van der Waals surface area contributed by atoms with E-state index < -0.39 is 0 Å². The van der Waals surface area contributed by atoms with E-state index in [1.54, 1.807) is 0 Å². The summed E-state index contributed by atoms with van der Waals surface area (Å²) >= 11 is 0. The van der Waals surface area contributed by atoms with Gasteiger partial charge in [0.2, 0.25) is 5.89 Å². The zero-order valence-electron chi connectivity index (χ0n) is 11.8. The smallest absolute Gasteiger partial charge is 0.265 e. The second-order valence-corrected chi connectivity index (χ2v) is 4.79. The van der Waals surface area contributed by atoms with Gasteiger partial charge in [-0.2, -0.15) is 4.98 Å². The first-order valence-electron chi connectivity index (χ1n) is 6.36. The second kappa shape index (κ2) is 5.84. The van der Waals surface area contributed by atoms with E-state index in [4.69, 9.17) is 4.52 Å². The van der Waals surface area contributed by atoms with Crippen molar-refractivity contribution in [3.05, 3.63) is 41.8 Å². The van der Waals surface area contributed by atoms with Crippen molar-refractivity contribution in [3.8, 4) is 0 Å². The van der Waals surface area contributed by atoms with Crippen LogP contribution in [-0.4, -0.2) is 31.3 Å². The van der Waals surface area contributed by atoms with Crippen molar-refractivity contribution in [2.45, 2.75) is 18.9 Å². The third-order valence-electron chi connectivity index (χ3n) is 3.19. The average molecular weight is 260 g/mol. The largest absolute Gasteiger partial charge is 0.344 e. The molecule has 0 saturated carbocycles. The summed E-state index contributed by atoms with van der Waals surface area (Å²) < 4.78 is 5.35. The van der Waals surface area contributed by atoms with Crippen LogP contribution in [0.15, 0.2) is 34.9 Å². The average Bonchev–Trinajstić information content (AvgIpc) is 2.90. The molecular formula is C14H20N4O. The molecule has 5 nitrogen and oxygen atoms in total. The van der Waals surface area contributed by atoms with Gasteiger partial charge in [-0.05, 0) is 17.8 Å². The Kier molecular flexibility index (Phi) is 4.16. The van der Waals surface area contributed by atoms with Gasteiger partial charge in [0.25, 0.3) is 5.95 Å². The Bertz CT molecular complexity index is 509. The molecule has 2 aromatic rings. The fourth-order valence-electron chi connectivity index (χ4n) is 2.10. The van der Waals surface area contributed by atoms with Gasteiger partial charge in [-0.15, -0.1) is 0 Å². The predicted octanol–water partition coefficient (Wildman–Crippen LogP) is 2.20. The minimum atomic E-state index is 0.105. The highest BCUT2D eigenvalue weighted by Gasteiger charge is 2.24. The predicted molar refractivity (Wildman–Crippen MR) is 75.3 cm³/mol. The van der Waals surface area contributed by atoms with E-state index in [0.29, 0.717) is 11.8 Å². The molecule has 0 aliphatic heterocycles. The Morgan fingerprint density at radius 2 is 1.89 bits per heavy atom. The number of hydrogen-bond acceptors (Lipinski definition) is 5. The van der Waals surface area contributed by atoms with Crippen LogP contribution < -0.4 is 10.2 Å². The number of likely N-dealkylation sites (N-methyl/N-ethyl adjacent to an activating group) is 1. The van der Waals surface area contributed by atoms with Gasteiger partial charge in [-0.3, -0.25) is 0 Å². The number of nitrogens with zero attached hydrogens (tertiary/aromatic N) is 3. The standard InChI is InChI=1S/C14H20N4O/c1-10(13-16-14(17-19-13)18(3)4)12(15-2)11-8-6-5-7-9-11/h5-10,12,15H,1-4H3. The van der Waals surface area contributed by atoms with E-state index in [2.05, 4.69) is 34.5 Å². The molecule has 1 aromatic carbocycles. The molecule has 0 aliphatic rings. The van der Waals surface area contributed by atoms with Gasteiger partial charge in [-0.1, -0.05) is 37.3 Å². The molecule has 102 valence electrons. The number of benzene rings is 1. The van der Waals surface area contributed by atoms with Gasteiger partial charge in [-0.25, -0.2) is 0 Å². The van der Waals surface area contributed by atoms with Crippen LogP contribution in [0.5, 0.6) is 0 Å². The Balaban J connectivity index is 2.23. The molecule has 0 spiro atoms. The molecule has 5 heteroatoms. The number of aromatic nitrogens is 2. The minimum Gasteiger partial charge on any atom is -0.344 e. The lowest BCUT2D eigenvalue weighted by molar-refractivity contribution is 0.331. The molecule has 0 radical (unpaired) electrons. The van der Waals surface area contributed by atoms with Crippen molar-refractivity contribution in [1.29, 1.82) is 0 Å². The molecule has 2 rings (SSSR count). The molecule has 1 aromatic heterocycles. The lowest BCUT2D eigenvalue weighted by Crippen LogP contribution is -2.22. The van der Waals surface area contributed by atoms with E-state index >= 15 is 0 Å². The van der Waals surface area contributed by atoms with Gasteiger partial charge in [0, 0.05) is 20.1 Å². The SMILES string of the molecule is CNC(c1ccccc1)C(C)c1nc(N(C)C)no1. The van der Waals surface area contributed by atoms with Crippen LogP contribution in [0.4, 0.5) is 5.95 Å². The molecule has 0 amide bonds. The molecule has 19 heavy (non-hydrogen) atoms. The van der Waals surface area contributed by atoms with Crippen molar-refractivity contribution < 1.29 is 4.52 Å². The third-order valence-corrected chi connectivity index (χ3v) is 3.19. The lowest BCUT2D eigenvalue weighted by atomic mass is 9.94. The maximum Gasteiger partial charge on any atom is 0.265 e. The fraction of sp³-hybridized carbons (Fsp3) is 0.429. The normalized spacial score (nSPS) is 14.1. The van der Waals surface area contributed by atoms with Gasteiger partial charge in [0.15, 0.2) is 0 Å². The van der Waals surface area contributed by atoms with E-state index in [1.807, 2.05) is 44.2 Å². The molecule has 0 fully saturated rings.